The number of benzene rings is 2. The molecule has 0 aliphatic rings. The van der Waals surface area contributed by atoms with Gasteiger partial charge >= 0.3 is 0 Å². The first kappa shape index (κ1) is 13.3. The highest BCUT2D eigenvalue weighted by Crippen LogP contribution is 2.22. The highest BCUT2D eigenvalue weighted by molar-refractivity contribution is 9.10. The summed E-state index contributed by atoms with van der Waals surface area (Å²) in [7, 11) is 0. The summed E-state index contributed by atoms with van der Waals surface area (Å²) in [6.45, 7) is 2.80. The first-order chi connectivity index (χ1) is 8.79. The van der Waals surface area contributed by atoms with E-state index >= 15 is 0 Å². The van der Waals surface area contributed by atoms with Gasteiger partial charge in [0.2, 0.25) is 0 Å². The normalized spacial score (nSPS) is 12.3. The standard InChI is InChI=1S/C16H17BrO/c1-2-16(14-8-4-3-5-9-14)18-12-13-7-6-10-15(17)11-13/h3-11,16H,2,12H2,1H3/t16-/m1/s1. The molecule has 0 bridgehead atoms. The van der Waals surface area contributed by atoms with Crippen molar-refractivity contribution in [1.82, 2.24) is 0 Å². The Morgan fingerprint density at radius 1 is 1.06 bits per heavy atom. The van der Waals surface area contributed by atoms with E-state index in [-0.39, 0.29) is 6.10 Å². The lowest BCUT2D eigenvalue weighted by atomic mass is 10.1. The molecule has 2 aromatic carbocycles. The van der Waals surface area contributed by atoms with Gasteiger partial charge in [0.05, 0.1) is 12.7 Å². The maximum absolute atomic E-state index is 6.00. The molecule has 0 unspecified atom stereocenters. The van der Waals surface area contributed by atoms with Gasteiger partial charge in [0.15, 0.2) is 0 Å². The SMILES string of the molecule is CC[C@@H](OCc1cccc(Br)c1)c1ccccc1. The topological polar surface area (TPSA) is 9.23 Å². The van der Waals surface area contributed by atoms with Gasteiger partial charge in [0.1, 0.15) is 0 Å². The zero-order valence-corrected chi connectivity index (χ0v) is 12.1. The van der Waals surface area contributed by atoms with E-state index in [1.54, 1.807) is 0 Å². The number of rotatable bonds is 5. The van der Waals surface area contributed by atoms with E-state index in [1.165, 1.54) is 11.1 Å². The van der Waals surface area contributed by atoms with Crippen LogP contribution in [-0.2, 0) is 11.3 Å². The first-order valence-corrected chi connectivity index (χ1v) is 7.00. The summed E-state index contributed by atoms with van der Waals surface area (Å²) in [6.07, 6.45) is 1.16. The average molecular weight is 305 g/mol. The fraction of sp³-hybridized carbons (Fsp3) is 0.250. The minimum absolute atomic E-state index is 0.171. The molecule has 0 radical (unpaired) electrons. The van der Waals surface area contributed by atoms with Crippen molar-refractivity contribution < 1.29 is 4.74 Å². The van der Waals surface area contributed by atoms with Crippen LogP contribution < -0.4 is 0 Å². The Balaban J connectivity index is 2.00. The van der Waals surface area contributed by atoms with Crippen LogP contribution in [0.5, 0.6) is 0 Å². The molecule has 0 aliphatic heterocycles. The number of halogens is 1. The molecular formula is C16H17BrO. The van der Waals surface area contributed by atoms with E-state index in [2.05, 4.69) is 59.3 Å². The lowest BCUT2D eigenvalue weighted by molar-refractivity contribution is 0.0371. The Hall–Kier alpha value is -1.12. The monoisotopic (exact) mass is 304 g/mol. The molecule has 1 atom stereocenters. The van der Waals surface area contributed by atoms with Crippen molar-refractivity contribution in [3.8, 4) is 0 Å². The van der Waals surface area contributed by atoms with Crippen molar-refractivity contribution in [3.05, 3.63) is 70.2 Å². The summed E-state index contributed by atoms with van der Waals surface area (Å²) in [5.41, 5.74) is 2.44. The van der Waals surface area contributed by atoms with E-state index in [0.29, 0.717) is 6.61 Å². The third kappa shape index (κ3) is 3.69. The maximum Gasteiger partial charge on any atom is 0.0826 e. The molecule has 0 saturated heterocycles. The van der Waals surface area contributed by atoms with Crippen molar-refractivity contribution in [2.24, 2.45) is 0 Å². The molecule has 0 amide bonds. The van der Waals surface area contributed by atoms with E-state index in [1.807, 2.05) is 18.2 Å². The van der Waals surface area contributed by atoms with Crippen molar-refractivity contribution in [2.75, 3.05) is 0 Å². The second-order valence-corrected chi connectivity index (χ2v) is 5.16. The number of hydrogen-bond acceptors (Lipinski definition) is 1. The summed E-state index contributed by atoms with van der Waals surface area (Å²) in [5, 5.41) is 0. The van der Waals surface area contributed by atoms with Crippen molar-refractivity contribution >= 4 is 15.9 Å². The molecule has 2 aromatic rings. The Bertz CT molecular complexity index is 481. The zero-order valence-electron chi connectivity index (χ0n) is 10.5. The molecule has 18 heavy (non-hydrogen) atoms. The molecule has 0 heterocycles. The summed E-state index contributed by atoms with van der Waals surface area (Å²) in [6, 6.07) is 18.6. The van der Waals surface area contributed by atoms with Crippen LogP contribution >= 0.6 is 15.9 Å². The van der Waals surface area contributed by atoms with Crippen LogP contribution in [0.2, 0.25) is 0 Å². The predicted molar refractivity (Wildman–Crippen MR) is 78.4 cm³/mol. The Morgan fingerprint density at radius 3 is 2.50 bits per heavy atom. The van der Waals surface area contributed by atoms with Gasteiger partial charge in [0.25, 0.3) is 0 Å². The highest BCUT2D eigenvalue weighted by Gasteiger charge is 2.09. The maximum atomic E-state index is 6.00. The van der Waals surface area contributed by atoms with E-state index < -0.39 is 0 Å². The second kappa shape index (κ2) is 6.72. The van der Waals surface area contributed by atoms with E-state index in [4.69, 9.17) is 4.74 Å². The minimum atomic E-state index is 0.171. The Morgan fingerprint density at radius 2 is 1.83 bits per heavy atom. The Labute approximate surface area is 117 Å². The highest BCUT2D eigenvalue weighted by atomic mass is 79.9. The van der Waals surface area contributed by atoms with Crippen molar-refractivity contribution in [3.63, 3.8) is 0 Å². The van der Waals surface area contributed by atoms with Crippen LogP contribution in [0.4, 0.5) is 0 Å². The third-order valence-electron chi connectivity index (χ3n) is 2.88. The van der Waals surface area contributed by atoms with Gasteiger partial charge in [-0.05, 0) is 29.7 Å². The van der Waals surface area contributed by atoms with Gasteiger partial charge in [-0.25, -0.2) is 0 Å². The molecule has 0 aromatic heterocycles. The van der Waals surface area contributed by atoms with Gasteiger partial charge in [-0.15, -0.1) is 0 Å². The Kier molecular flexibility index (Phi) is 4.97. The average Bonchev–Trinajstić information content (AvgIpc) is 2.41. The lowest BCUT2D eigenvalue weighted by Crippen LogP contribution is -2.03. The molecule has 0 saturated carbocycles. The molecule has 0 spiro atoms. The van der Waals surface area contributed by atoms with Crippen LogP contribution in [0.15, 0.2) is 59.1 Å². The molecule has 1 nitrogen and oxygen atoms in total. The van der Waals surface area contributed by atoms with Gasteiger partial charge in [-0.1, -0.05) is 65.3 Å². The van der Waals surface area contributed by atoms with Crippen LogP contribution in [0.25, 0.3) is 0 Å². The van der Waals surface area contributed by atoms with Crippen LogP contribution in [-0.4, -0.2) is 0 Å². The largest absolute Gasteiger partial charge is 0.369 e. The van der Waals surface area contributed by atoms with Gasteiger partial charge in [-0.2, -0.15) is 0 Å². The zero-order chi connectivity index (χ0) is 12.8. The van der Waals surface area contributed by atoms with Gasteiger partial charge in [0, 0.05) is 4.47 Å². The smallest absolute Gasteiger partial charge is 0.0826 e. The minimum Gasteiger partial charge on any atom is -0.369 e. The molecule has 0 N–H and O–H groups in total. The summed E-state index contributed by atoms with van der Waals surface area (Å²) >= 11 is 3.48. The quantitative estimate of drug-likeness (QED) is 0.745. The molecule has 0 aliphatic carbocycles. The number of hydrogen-bond donors (Lipinski definition) is 0. The number of ether oxygens (including phenoxy) is 1. The molecular weight excluding hydrogens is 288 g/mol. The van der Waals surface area contributed by atoms with Gasteiger partial charge < -0.3 is 4.74 Å². The molecule has 2 heteroatoms. The second-order valence-electron chi connectivity index (χ2n) is 4.25. The van der Waals surface area contributed by atoms with E-state index in [9.17, 15) is 0 Å². The predicted octanol–water partition coefficient (Wildman–Crippen LogP) is 5.12. The molecule has 2 rings (SSSR count). The summed E-state index contributed by atoms with van der Waals surface area (Å²) in [4.78, 5) is 0. The van der Waals surface area contributed by atoms with Crippen LogP contribution in [0.1, 0.15) is 30.6 Å². The molecule has 0 fully saturated rings. The van der Waals surface area contributed by atoms with Crippen LogP contribution in [0, 0.1) is 0 Å². The lowest BCUT2D eigenvalue weighted by Gasteiger charge is -2.16. The third-order valence-corrected chi connectivity index (χ3v) is 3.38. The fourth-order valence-electron chi connectivity index (χ4n) is 1.94. The van der Waals surface area contributed by atoms with Crippen molar-refractivity contribution in [1.29, 1.82) is 0 Å². The molecule has 94 valence electrons. The van der Waals surface area contributed by atoms with Gasteiger partial charge in [-0.3, -0.25) is 0 Å². The summed E-state index contributed by atoms with van der Waals surface area (Å²) < 4.78 is 7.09. The fourth-order valence-corrected chi connectivity index (χ4v) is 2.39. The first-order valence-electron chi connectivity index (χ1n) is 6.20. The van der Waals surface area contributed by atoms with E-state index in [0.717, 1.165) is 10.9 Å². The van der Waals surface area contributed by atoms with Crippen LogP contribution in [0.3, 0.4) is 0 Å². The summed E-state index contributed by atoms with van der Waals surface area (Å²) in [5.74, 6) is 0. The van der Waals surface area contributed by atoms with Crippen molar-refractivity contribution in [2.45, 2.75) is 26.1 Å².